The van der Waals surface area contributed by atoms with Crippen molar-refractivity contribution < 1.29 is 0 Å². The fourth-order valence-electron chi connectivity index (χ4n) is 2.63. The minimum atomic E-state index is 0.556. The van der Waals surface area contributed by atoms with Crippen molar-refractivity contribution in [3.8, 4) is 10.7 Å². The van der Waals surface area contributed by atoms with Gasteiger partial charge in [0, 0.05) is 13.1 Å². The number of hydrogen-bond acceptors (Lipinski definition) is 3. The normalized spacial score (nSPS) is 11.7. The number of aromatic nitrogens is 2. The van der Waals surface area contributed by atoms with Gasteiger partial charge in [-0.15, -0.1) is 11.3 Å². The van der Waals surface area contributed by atoms with E-state index in [4.69, 9.17) is 10.7 Å². The summed E-state index contributed by atoms with van der Waals surface area (Å²) < 4.78 is 2.35. The molecule has 4 heteroatoms. The maximum Gasteiger partial charge on any atom is 0.151 e. The van der Waals surface area contributed by atoms with Crippen molar-refractivity contribution in [2.75, 3.05) is 0 Å². The zero-order chi connectivity index (χ0) is 15.0. The van der Waals surface area contributed by atoms with Crippen LogP contribution in [0.2, 0.25) is 0 Å². The van der Waals surface area contributed by atoms with E-state index in [-0.39, 0.29) is 0 Å². The number of rotatable bonds is 4. The molecule has 0 aliphatic rings. The Morgan fingerprint density at radius 1 is 1.29 bits per heavy atom. The summed E-state index contributed by atoms with van der Waals surface area (Å²) in [6.45, 7) is 8.16. The molecule has 0 radical (unpaired) electrons. The van der Waals surface area contributed by atoms with Gasteiger partial charge in [0.25, 0.3) is 0 Å². The molecule has 0 atom stereocenters. The molecule has 0 aliphatic carbocycles. The summed E-state index contributed by atoms with van der Waals surface area (Å²) in [5, 5.41) is 2.13. The van der Waals surface area contributed by atoms with Crippen LogP contribution in [0.4, 0.5) is 0 Å². The van der Waals surface area contributed by atoms with E-state index in [1.54, 1.807) is 11.3 Å². The minimum absolute atomic E-state index is 0.556. The summed E-state index contributed by atoms with van der Waals surface area (Å²) in [6, 6.07) is 8.52. The van der Waals surface area contributed by atoms with Crippen LogP contribution >= 0.6 is 11.3 Å². The summed E-state index contributed by atoms with van der Waals surface area (Å²) in [5.74, 6) is 1.66. The van der Waals surface area contributed by atoms with Gasteiger partial charge in [-0.2, -0.15) is 0 Å². The number of fused-ring (bicyclic) bond motifs is 1. The van der Waals surface area contributed by atoms with Gasteiger partial charge in [0.15, 0.2) is 5.82 Å². The molecule has 0 aliphatic heterocycles. The van der Waals surface area contributed by atoms with E-state index in [0.717, 1.165) is 23.4 Å². The van der Waals surface area contributed by atoms with Gasteiger partial charge in [-0.05, 0) is 47.5 Å². The first-order valence-corrected chi connectivity index (χ1v) is 8.21. The van der Waals surface area contributed by atoms with Crippen LogP contribution in [0.15, 0.2) is 29.6 Å². The summed E-state index contributed by atoms with van der Waals surface area (Å²) in [7, 11) is 0. The molecule has 0 bridgehead atoms. The van der Waals surface area contributed by atoms with E-state index >= 15 is 0 Å². The van der Waals surface area contributed by atoms with Crippen LogP contribution in [0, 0.1) is 12.8 Å². The Bertz CT molecular complexity index is 768. The molecular formula is C17H21N3S. The molecule has 0 amide bonds. The molecule has 2 N–H and O–H groups in total. The molecule has 0 saturated carbocycles. The summed E-state index contributed by atoms with van der Waals surface area (Å²) >= 11 is 1.76. The first-order chi connectivity index (χ1) is 10.1. The van der Waals surface area contributed by atoms with E-state index < -0.39 is 0 Å². The van der Waals surface area contributed by atoms with Crippen LogP contribution in [-0.4, -0.2) is 9.55 Å². The smallest absolute Gasteiger partial charge is 0.151 e. The number of hydrogen-bond donors (Lipinski definition) is 1. The average molecular weight is 299 g/mol. The second kappa shape index (κ2) is 5.62. The largest absolute Gasteiger partial charge is 0.326 e. The highest BCUT2D eigenvalue weighted by molar-refractivity contribution is 7.13. The molecule has 3 nitrogen and oxygen atoms in total. The number of benzene rings is 1. The molecule has 1 aromatic carbocycles. The molecule has 3 aromatic rings. The number of thiophene rings is 1. The number of nitrogens with zero attached hydrogens (tertiary/aromatic N) is 2. The second-order valence-corrected chi connectivity index (χ2v) is 6.82. The molecule has 0 saturated heterocycles. The van der Waals surface area contributed by atoms with Crippen molar-refractivity contribution in [3.05, 3.63) is 40.8 Å². The van der Waals surface area contributed by atoms with Gasteiger partial charge >= 0.3 is 0 Å². The van der Waals surface area contributed by atoms with Gasteiger partial charge in [0.2, 0.25) is 0 Å². The van der Waals surface area contributed by atoms with E-state index in [0.29, 0.717) is 12.5 Å². The van der Waals surface area contributed by atoms with Gasteiger partial charge in [-0.1, -0.05) is 19.9 Å². The Balaban J connectivity index is 2.24. The lowest BCUT2D eigenvalue weighted by atomic mass is 10.2. The number of imidazole rings is 1. The molecule has 0 unspecified atom stereocenters. The van der Waals surface area contributed by atoms with Crippen molar-refractivity contribution in [1.82, 2.24) is 9.55 Å². The molecule has 2 aromatic heterocycles. The Hall–Kier alpha value is -1.65. The molecule has 21 heavy (non-hydrogen) atoms. The summed E-state index contributed by atoms with van der Waals surface area (Å²) in [6.07, 6.45) is 0. The third-order valence-corrected chi connectivity index (χ3v) is 4.67. The SMILES string of the molecule is Cc1ccsc1-c1nc2cc(CN)ccc2n1CC(C)C. The maximum absolute atomic E-state index is 5.75. The maximum atomic E-state index is 5.75. The first kappa shape index (κ1) is 14.3. The Labute approximate surface area is 129 Å². The van der Waals surface area contributed by atoms with Gasteiger partial charge in [-0.25, -0.2) is 4.98 Å². The lowest BCUT2D eigenvalue weighted by Gasteiger charge is -2.11. The highest BCUT2D eigenvalue weighted by Crippen LogP contribution is 2.32. The van der Waals surface area contributed by atoms with Crippen LogP contribution in [0.1, 0.15) is 25.0 Å². The monoisotopic (exact) mass is 299 g/mol. The molecule has 2 heterocycles. The van der Waals surface area contributed by atoms with Crippen molar-refractivity contribution in [2.45, 2.75) is 33.9 Å². The Morgan fingerprint density at radius 3 is 2.71 bits per heavy atom. The average Bonchev–Trinajstić information content (AvgIpc) is 3.02. The number of nitrogens with two attached hydrogens (primary N) is 1. The summed E-state index contributed by atoms with van der Waals surface area (Å²) in [5.41, 5.74) is 10.4. The third kappa shape index (κ3) is 2.61. The highest BCUT2D eigenvalue weighted by atomic mass is 32.1. The predicted octanol–water partition coefficient (Wildman–Crippen LogP) is 4.19. The van der Waals surface area contributed by atoms with Gasteiger partial charge in [0.05, 0.1) is 15.9 Å². The molecule has 0 fully saturated rings. The van der Waals surface area contributed by atoms with E-state index in [2.05, 4.69) is 55.0 Å². The first-order valence-electron chi connectivity index (χ1n) is 7.34. The van der Waals surface area contributed by atoms with E-state index in [9.17, 15) is 0 Å². The lowest BCUT2D eigenvalue weighted by molar-refractivity contribution is 0.537. The van der Waals surface area contributed by atoms with Crippen LogP contribution in [0.25, 0.3) is 21.7 Å². The molecule has 0 spiro atoms. The van der Waals surface area contributed by atoms with E-state index in [1.807, 2.05) is 0 Å². The van der Waals surface area contributed by atoms with Crippen LogP contribution in [0.3, 0.4) is 0 Å². The molecule has 110 valence electrons. The van der Waals surface area contributed by atoms with Crippen molar-refractivity contribution in [1.29, 1.82) is 0 Å². The topological polar surface area (TPSA) is 43.8 Å². The van der Waals surface area contributed by atoms with Crippen molar-refractivity contribution in [2.24, 2.45) is 11.7 Å². The van der Waals surface area contributed by atoms with Crippen molar-refractivity contribution in [3.63, 3.8) is 0 Å². The minimum Gasteiger partial charge on any atom is -0.326 e. The zero-order valence-corrected chi connectivity index (χ0v) is 13.6. The lowest BCUT2D eigenvalue weighted by Crippen LogP contribution is -2.06. The van der Waals surface area contributed by atoms with Gasteiger partial charge in [0.1, 0.15) is 0 Å². The number of aryl methyl sites for hydroxylation is 1. The fourth-order valence-corrected chi connectivity index (χ4v) is 3.55. The van der Waals surface area contributed by atoms with Crippen LogP contribution in [-0.2, 0) is 13.1 Å². The van der Waals surface area contributed by atoms with Crippen LogP contribution in [0.5, 0.6) is 0 Å². The van der Waals surface area contributed by atoms with Crippen LogP contribution < -0.4 is 5.73 Å². The molecule has 3 rings (SSSR count). The zero-order valence-electron chi connectivity index (χ0n) is 12.8. The summed E-state index contributed by atoms with van der Waals surface area (Å²) in [4.78, 5) is 6.16. The Kier molecular flexibility index (Phi) is 3.83. The second-order valence-electron chi connectivity index (χ2n) is 5.90. The van der Waals surface area contributed by atoms with E-state index in [1.165, 1.54) is 16.0 Å². The van der Waals surface area contributed by atoms with Crippen molar-refractivity contribution >= 4 is 22.4 Å². The van der Waals surface area contributed by atoms with Gasteiger partial charge in [-0.3, -0.25) is 0 Å². The standard InChI is InChI=1S/C17H21N3S/c1-11(2)10-20-15-5-4-13(9-18)8-14(15)19-17(20)16-12(3)6-7-21-16/h4-8,11H,9-10,18H2,1-3H3. The quantitative estimate of drug-likeness (QED) is 0.785. The highest BCUT2D eigenvalue weighted by Gasteiger charge is 2.16. The third-order valence-electron chi connectivity index (χ3n) is 3.66. The predicted molar refractivity (Wildman–Crippen MR) is 90.5 cm³/mol. The Morgan fingerprint density at radius 2 is 2.10 bits per heavy atom. The molecular weight excluding hydrogens is 278 g/mol. The van der Waals surface area contributed by atoms with Gasteiger partial charge < -0.3 is 10.3 Å². The fraction of sp³-hybridized carbons (Fsp3) is 0.353.